The second kappa shape index (κ2) is 9.42. The molecule has 0 unspecified atom stereocenters. The third kappa shape index (κ3) is 5.00. The Kier molecular flexibility index (Phi) is 6.93. The zero-order chi connectivity index (χ0) is 23.8. The summed E-state index contributed by atoms with van der Waals surface area (Å²) in [5.41, 5.74) is -0.0776. The topological polar surface area (TPSA) is 111 Å². The fourth-order valence-electron chi connectivity index (χ4n) is 5.65. The van der Waals surface area contributed by atoms with E-state index in [1.807, 2.05) is 13.8 Å². The number of rotatable bonds is 8. The first-order valence-electron chi connectivity index (χ1n) is 11.6. The molecule has 9 nitrogen and oxygen atoms in total. The number of hydrogen-bond donors (Lipinski definition) is 1. The van der Waals surface area contributed by atoms with Gasteiger partial charge in [-0.1, -0.05) is 6.92 Å². The second-order valence-electron chi connectivity index (χ2n) is 9.58. The minimum Gasteiger partial charge on any atom is -0.453 e. The highest BCUT2D eigenvalue weighted by molar-refractivity contribution is 7.89. The molecule has 1 aliphatic heterocycles. The van der Waals surface area contributed by atoms with Crippen LogP contribution in [0.2, 0.25) is 0 Å². The van der Waals surface area contributed by atoms with Gasteiger partial charge in [-0.05, 0) is 51.4 Å². The molecule has 11 heteroatoms. The fourth-order valence-corrected chi connectivity index (χ4v) is 7.02. The number of carbonyl (C=O) groups excluding carboxylic acids is 1. The van der Waals surface area contributed by atoms with Gasteiger partial charge in [-0.15, -0.1) is 0 Å². The standard InChI is InChI=1S/C22H33FN4O5S/c1-4-7-33(29,30)26-18-8-14(2)27(21(28)31-3)19(18)13-32-17-5-6-22(10-15(22)9-17)20-24-11-16(23)12-25-20/h11-12,14-15,17-19,26H,4-10,13H2,1-3H3/t14-,15-,17+,18+,19+,22-/m1/s1. The largest absolute Gasteiger partial charge is 0.453 e. The molecule has 0 spiro atoms. The summed E-state index contributed by atoms with van der Waals surface area (Å²) >= 11 is 0. The molecule has 184 valence electrons. The van der Waals surface area contributed by atoms with Gasteiger partial charge in [0.15, 0.2) is 5.82 Å². The van der Waals surface area contributed by atoms with E-state index >= 15 is 0 Å². The number of amides is 1. The number of carbonyl (C=O) groups is 1. The Morgan fingerprint density at radius 3 is 2.70 bits per heavy atom. The maximum absolute atomic E-state index is 13.2. The van der Waals surface area contributed by atoms with E-state index in [2.05, 4.69) is 14.7 Å². The van der Waals surface area contributed by atoms with Crippen LogP contribution in [-0.2, 0) is 24.9 Å². The monoisotopic (exact) mass is 484 g/mol. The number of sulfonamides is 1. The van der Waals surface area contributed by atoms with E-state index in [-0.39, 0.29) is 29.9 Å². The van der Waals surface area contributed by atoms with Gasteiger partial charge >= 0.3 is 6.09 Å². The second-order valence-corrected chi connectivity index (χ2v) is 11.5. The first-order chi connectivity index (χ1) is 15.7. The lowest BCUT2D eigenvalue weighted by Gasteiger charge is -2.32. The molecule has 6 atom stereocenters. The zero-order valence-corrected chi connectivity index (χ0v) is 20.2. The van der Waals surface area contributed by atoms with Crippen LogP contribution < -0.4 is 4.72 Å². The quantitative estimate of drug-likeness (QED) is 0.603. The van der Waals surface area contributed by atoms with Gasteiger partial charge in [0.05, 0.1) is 44.0 Å². The van der Waals surface area contributed by atoms with Crippen molar-refractivity contribution in [3.63, 3.8) is 0 Å². The van der Waals surface area contributed by atoms with Crippen LogP contribution >= 0.6 is 0 Å². The molecule has 1 aromatic rings. The SMILES string of the molecule is CCCS(=O)(=O)N[C@H]1C[C@@H](C)N(C(=O)OC)[C@H]1CO[C@H]1CC[C@@]2(c3ncc(F)cn3)C[C@H]2C1. The van der Waals surface area contributed by atoms with Crippen molar-refractivity contribution in [1.82, 2.24) is 19.6 Å². The summed E-state index contributed by atoms with van der Waals surface area (Å²) in [5, 5.41) is 0. The summed E-state index contributed by atoms with van der Waals surface area (Å²) in [7, 11) is -2.11. The molecule has 0 aromatic carbocycles. The number of nitrogens with zero attached hydrogens (tertiary/aromatic N) is 3. The number of aromatic nitrogens is 2. The van der Waals surface area contributed by atoms with Gasteiger partial charge in [0.25, 0.3) is 0 Å². The van der Waals surface area contributed by atoms with Gasteiger partial charge in [-0.3, -0.25) is 4.90 Å². The van der Waals surface area contributed by atoms with E-state index in [4.69, 9.17) is 9.47 Å². The first kappa shape index (κ1) is 24.3. The van der Waals surface area contributed by atoms with Crippen LogP contribution in [0.15, 0.2) is 12.4 Å². The lowest BCUT2D eigenvalue weighted by atomic mass is 9.86. The van der Waals surface area contributed by atoms with E-state index in [1.54, 1.807) is 4.90 Å². The Bertz CT molecular complexity index is 962. The van der Waals surface area contributed by atoms with Crippen LogP contribution in [0, 0.1) is 11.7 Å². The van der Waals surface area contributed by atoms with E-state index in [9.17, 15) is 17.6 Å². The van der Waals surface area contributed by atoms with Crippen LogP contribution in [0.4, 0.5) is 9.18 Å². The highest BCUT2D eigenvalue weighted by Gasteiger charge is 2.60. The minimum absolute atomic E-state index is 0.00868. The smallest absolute Gasteiger partial charge is 0.410 e. The van der Waals surface area contributed by atoms with Gasteiger partial charge in [0.2, 0.25) is 10.0 Å². The summed E-state index contributed by atoms with van der Waals surface area (Å²) in [6, 6.07) is -1.03. The van der Waals surface area contributed by atoms with Gasteiger partial charge in [-0.25, -0.2) is 32.3 Å². The number of ether oxygens (including phenoxy) is 2. The molecule has 1 saturated heterocycles. The lowest BCUT2D eigenvalue weighted by Crippen LogP contribution is -2.50. The Labute approximate surface area is 194 Å². The number of fused-ring (bicyclic) bond motifs is 1. The zero-order valence-electron chi connectivity index (χ0n) is 19.4. The van der Waals surface area contributed by atoms with Crippen molar-refractivity contribution in [2.45, 2.75) is 82.0 Å². The molecule has 0 bridgehead atoms. The molecule has 1 N–H and O–H groups in total. The average Bonchev–Trinajstić information content (AvgIpc) is 3.42. The maximum Gasteiger partial charge on any atom is 0.410 e. The maximum atomic E-state index is 13.2. The molecule has 2 saturated carbocycles. The third-order valence-corrected chi connectivity index (χ3v) is 8.95. The number of methoxy groups -OCH3 is 1. The molecule has 4 rings (SSSR count). The van der Waals surface area contributed by atoms with Crippen molar-refractivity contribution >= 4 is 16.1 Å². The number of nitrogens with one attached hydrogen (secondary N) is 1. The highest BCUT2D eigenvalue weighted by Crippen LogP contribution is 2.61. The van der Waals surface area contributed by atoms with Crippen molar-refractivity contribution in [2.75, 3.05) is 19.5 Å². The molecule has 0 radical (unpaired) electrons. The van der Waals surface area contributed by atoms with Crippen molar-refractivity contribution in [2.24, 2.45) is 5.92 Å². The molecule has 2 heterocycles. The highest BCUT2D eigenvalue weighted by atomic mass is 32.2. The van der Waals surface area contributed by atoms with E-state index in [0.717, 1.165) is 25.7 Å². The Balaban J connectivity index is 1.39. The summed E-state index contributed by atoms with van der Waals surface area (Å²) in [6.45, 7) is 3.94. The van der Waals surface area contributed by atoms with Crippen LogP contribution in [0.5, 0.6) is 0 Å². The number of likely N-dealkylation sites (tertiary alicyclic amines) is 1. The Morgan fingerprint density at radius 2 is 2.06 bits per heavy atom. The van der Waals surface area contributed by atoms with Crippen molar-refractivity contribution < 1.29 is 27.1 Å². The predicted molar refractivity (Wildman–Crippen MR) is 118 cm³/mol. The average molecular weight is 485 g/mol. The molecule has 1 amide bonds. The van der Waals surface area contributed by atoms with Gasteiger partial charge in [-0.2, -0.15) is 0 Å². The molecule has 1 aromatic heterocycles. The normalized spacial score (nSPS) is 33.6. The van der Waals surface area contributed by atoms with E-state index in [1.165, 1.54) is 19.5 Å². The summed E-state index contributed by atoms with van der Waals surface area (Å²) in [6.07, 6.45) is 6.47. The summed E-state index contributed by atoms with van der Waals surface area (Å²) in [4.78, 5) is 22.4. The van der Waals surface area contributed by atoms with Gasteiger partial charge < -0.3 is 9.47 Å². The number of halogens is 1. The Morgan fingerprint density at radius 1 is 1.33 bits per heavy atom. The van der Waals surface area contributed by atoms with Crippen molar-refractivity contribution in [3.8, 4) is 0 Å². The summed E-state index contributed by atoms with van der Waals surface area (Å²) in [5.74, 6) is 0.704. The van der Waals surface area contributed by atoms with Crippen molar-refractivity contribution in [1.29, 1.82) is 0 Å². The molecule has 3 aliphatic rings. The van der Waals surface area contributed by atoms with Crippen molar-refractivity contribution in [3.05, 3.63) is 24.0 Å². The van der Waals surface area contributed by atoms with Crippen LogP contribution in [0.1, 0.15) is 58.2 Å². The van der Waals surface area contributed by atoms with Gasteiger partial charge in [0.1, 0.15) is 5.82 Å². The van der Waals surface area contributed by atoms with Crippen LogP contribution in [0.3, 0.4) is 0 Å². The fraction of sp³-hybridized carbons (Fsp3) is 0.773. The number of hydrogen-bond acceptors (Lipinski definition) is 7. The van der Waals surface area contributed by atoms with E-state index < -0.39 is 34.0 Å². The lowest BCUT2D eigenvalue weighted by molar-refractivity contribution is -0.0103. The summed E-state index contributed by atoms with van der Waals surface area (Å²) < 4.78 is 52.0. The Hall–Kier alpha value is -1.85. The van der Waals surface area contributed by atoms with Crippen LogP contribution in [-0.4, -0.2) is 73.1 Å². The van der Waals surface area contributed by atoms with Gasteiger partial charge in [0, 0.05) is 17.5 Å². The molecular formula is C22H33FN4O5S. The van der Waals surface area contributed by atoms with E-state index in [0.29, 0.717) is 24.6 Å². The molecule has 33 heavy (non-hydrogen) atoms. The molecule has 3 fully saturated rings. The predicted octanol–water partition coefficient (Wildman–Crippen LogP) is 2.37. The van der Waals surface area contributed by atoms with Crippen LogP contribution in [0.25, 0.3) is 0 Å². The third-order valence-electron chi connectivity index (χ3n) is 7.34. The molecular weight excluding hydrogens is 451 g/mol. The minimum atomic E-state index is -3.44. The first-order valence-corrected chi connectivity index (χ1v) is 13.3. The molecule has 2 aliphatic carbocycles.